The van der Waals surface area contributed by atoms with Crippen LogP contribution in [0.2, 0.25) is 0 Å². The van der Waals surface area contributed by atoms with Crippen LogP contribution >= 0.6 is 7.82 Å². The van der Waals surface area contributed by atoms with E-state index in [0.717, 1.165) is 20.0 Å². The number of nitrogens with two attached hydrogens (primary N) is 1. The molecule has 1 unspecified atom stereocenters. The molecule has 0 saturated heterocycles. The number of nitrogen functional groups attached to an aromatic ring is 1. The Morgan fingerprint density at radius 3 is 2.55 bits per heavy atom. The summed E-state index contributed by atoms with van der Waals surface area (Å²) in [7, 11) is -2.88. The number of hydrogen-bond acceptors (Lipinski definition) is 12. The average molecular weight is 635 g/mol. The van der Waals surface area contributed by atoms with E-state index in [-0.39, 0.29) is 54.6 Å². The molecule has 2 heterocycles. The molecule has 44 heavy (non-hydrogen) atoms. The van der Waals surface area contributed by atoms with Crippen LogP contribution in [0.1, 0.15) is 54.6 Å². The maximum absolute atomic E-state index is 12.7. The largest absolute Gasteiger partial charge is 0.480 e. The Kier molecular flexibility index (Phi) is 12.7. The van der Waals surface area contributed by atoms with Gasteiger partial charge in [0, 0.05) is 31.3 Å². The van der Waals surface area contributed by atoms with Crippen molar-refractivity contribution in [3.05, 3.63) is 52.1 Å². The fraction of sp³-hybridized carbons (Fsp3) is 0.423. The van der Waals surface area contributed by atoms with Gasteiger partial charge >= 0.3 is 13.8 Å². The van der Waals surface area contributed by atoms with Gasteiger partial charge in [0.05, 0.1) is 25.0 Å². The van der Waals surface area contributed by atoms with Gasteiger partial charge in [-0.2, -0.15) is 4.98 Å². The number of nitrogens with zero attached hydrogens (tertiary/aromatic N) is 3. The van der Waals surface area contributed by atoms with Crippen molar-refractivity contribution in [2.24, 2.45) is 0 Å². The predicted molar refractivity (Wildman–Crippen MR) is 159 cm³/mol. The highest BCUT2D eigenvalue weighted by Gasteiger charge is 2.22. The van der Waals surface area contributed by atoms with Crippen LogP contribution in [0.5, 0.6) is 0 Å². The summed E-state index contributed by atoms with van der Waals surface area (Å²) >= 11 is 0. The molecule has 0 fully saturated rings. The molecule has 2 aromatic heterocycles. The summed E-state index contributed by atoms with van der Waals surface area (Å²) in [6.07, 6.45) is 3.96. The van der Waals surface area contributed by atoms with Crippen LogP contribution in [0, 0.1) is 0 Å². The molecule has 18 heteroatoms. The first-order chi connectivity index (χ1) is 21.0. The molecule has 3 rings (SSSR count). The first-order valence-corrected chi connectivity index (χ1v) is 15.2. The van der Waals surface area contributed by atoms with E-state index in [4.69, 9.17) is 15.2 Å². The highest BCUT2D eigenvalue weighted by atomic mass is 31.2. The van der Waals surface area contributed by atoms with E-state index in [0.29, 0.717) is 30.8 Å². The minimum Gasteiger partial charge on any atom is -0.480 e. The van der Waals surface area contributed by atoms with Crippen LogP contribution in [-0.4, -0.2) is 74.0 Å². The fourth-order valence-electron chi connectivity index (χ4n) is 3.89. The molecule has 2 amide bonds. The number of carboxylic acids is 1. The summed E-state index contributed by atoms with van der Waals surface area (Å²) in [6, 6.07) is 5.01. The lowest BCUT2D eigenvalue weighted by atomic mass is 10.1. The number of carboxylic acid groups (broad SMARTS) is 1. The van der Waals surface area contributed by atoms with E-state index < -0.39 is 31.3 Å². The van der Waals surface area contributed by atoms with Gasteiger partial charge in [-0.3, -0.25) is 28.4 Å². The molecule has 2 atom stereocenters. The third kappa shape index (κ3) is 11.0. The molecular weight excluding hydrogens is 599 g/mol. The molecule has 0 aliphatic carbocycles. The minimum absolute atomic E-state index is 0.0524. The zero-order valence-corrected chi connectivity index (χ0v) is 24.8. The number of amides is 2. The third-order valence-electron chi connectivity index (χ3n) is 6.25. The molecule has 17 nitrogen and oxygen atoms in total. The number of carbonyl (C=O) groups is 3. The van der Waals surface area contributed by atoms with E-state index in [1.54, 1.807) is 12.1 Å². The van der Waals surface area contributed by atoms with Gasteiger partial charge in [-0.25, -0.2) is 19.3 Å². The van der Waals surface area contributed by atoms with E-state index in [1.807, 2.05) is 0 Å². The smallest absolute Gasteiger partial charge is 0.471 e. The van der Waals surface area contributed by atoms with Crippen molar-refractivity contribution in [3.63, 3.8) is 0 Å². The molecule has 0 spiro atoms. The Morgan fingerprint density at radius 1 is 1.11 bits per heavy atom. The van der Waals surface area contributed by atoms with Crippen LogP contribution in [0.3, 0.4) is 0 Å². The molecular formula is C26H35N8O9P. The topological polar surface area (TPSA) is 261 Å². The third-order valence-corrected chi connectivity index (χ3v) is 7.22. The van der Waals surface area contributed by atoms with Crippen LogP contribution < -0.4 is 27.2 Å². The molecule has 3 aromatic rings. The number of nitrogens with one attached hydrogen (secondary N) is 4. The molecule has 0 aliphatic rings. The molecule has 0 bridgehead atoms. The number of rotatable bonds is 18. The van der Waals surface area contributed by atoms with Crippen molar-refractivity contribution in [2.75, 3.05) is 31.3 Å². The Balaban J connectivity index is 1.38. The number of H-pyrrole nitrogens is 1. The number of aromatic nitrogens is 4. The highest BCUT2D eigenvalue weighted by Crippen LogP contribution is 2.41. The van der Waals surface area contributed by atoms with Gasteiger partial charge in [0.1, 0.15) is 6.04 Å². The first-order valence-electron chi connectivity index (χ1n) is 13.7. The summed E-state index contributed by atoms with van der Waals surface area (Å²) in [4.78, 5) is 72.3. The number of carbonyl (C=O) groups excluding carboxylic acids is 2. The van der Waals surface area contributed by atoms with Gasteiger partial charge in [0.2, 0.25) is 11.9 Å². The Morgan fingerprint density at radius 2 is 1.84 bits per heavy atom. The van der Waals surface area contributed by atoms with Gasteiger partial charge in [-0.15, -0.1) is 0 Å². The SMILES string of the molecule is COP(=O)(O)OCCCCCCNC(=O)CC[C@H](NC(=O)c1ccc(NCc2cnc3nc(N)[nH]c(=O)c3n2)cc1)C(=O)O. The monoisotopic (exact) mass is 634 g/mol. The predicted octanol–water partition coefficient (Wildman–Crippen LogP) is 1.31. The summed E-state index contributed by atoms with van der Waals surface area (Å²) in [5.74, 6) is -2.27. The van der Waals surface area contributed by atoms with Crippen molar-refractivity contribution < 1.29 is 38.0 Å². The van der Waals surface area contributed by atoms with Crippen LogP contribution in [-0.2, 0) is 29.7 Å². The molecule has 0 radical (unpaired) electrons. The van der Waals surface area contributed by atoms with E-state index in [2.05, 4.69) is 40.4 Å². The molecule has 238 valence electrons. The number of unbranched alkanes of at least 4 members (excludes halogenated alkanes) is 3. The number of phosphoric ester groups is 1. The number of hydrogen-bond donors (Lipinski definition) is 7. The molecule has 8 N–H and O–H groups in total. The number of anilines is 2. The Labute approximate surface area is 251 Å². The first kappa shape index (κ1) is 34.1. The number of aromatic amines is 1. The van der Waals surface area contributed by atoms with Gasteiger partial charge in [0.25, 0.3) is 11.5 Å². The lowest BCUT2D eigenvalue weighted by Gasteiger charge is -2.15. The van der Waals surface area contributed by atoms with Crippen molar-refractivity contribution in [2.45, 2.75) is 51.1 Å². The van der Waals surface area contributed by atoms with Gasteiger partial charge in [-0.1, -0.05) is 12.8 Å². The Bertz CT molecular complexity index is 1550. The zero-order chi connectivity index (χ0) is 32.1. The quantitative estimate of drug-likeness (QED) is 0.0769. The molecule has 0 aliphatic heterocycles. The van der Waals surface area contributed by atoms with Crippen LogP contribution in [0.4, 0.5) is 11.6 Å². The van der Waals surface area contributed by atoms with Crippen molar-refractivity contribution >= 4 is 48.4 Å². The summed E-state index contributed by atoms with van der Waals surface area (Å²) in [6.45, 7) is 0.692. The second kappa shape index (κ2) is 16.4. The number of benzene rings is 1. The standard InChI is InChI=1S/C26H35N8O9P/c1-42-44(40,41)43-13-5-3-2-4-12-28-20(35)11-10-19(25(38)39)32-23(36)16-6-8-17(9-7-16)29-14-18-15-30-22-21(31-18)24(37)34-26(27)33-22/h6-9,15,19,29H,2-5,10-14H2,1H3,(H,28,35)(H,32,36)(H,38,39)(H,40,41)(H3,27,30,33,34,37)/t19-/m0/s1. The van der Waals surface area contributed by atoms with Crippen molar-refractivity contribution in [1.82, 2.24) is 30.6 Å². The maximum atomic E-state index is 12.7. The summed E-state index contributed by atoms with van der Waals surface area (Å²) in [5, 5.41) is 17.8. The number of fused-ring (bicyclic) bond motifs is 1. The van der Waals surface area contributed by atoms with E-state index in [9.17, 15) is 28.8 Å². The van der Waals surface area contributed by atoms with Crippen molar-refractivity contribution in [1.29, 1.82) is 0 Å². The average Bonchev–Trinajstić information content (AvgIpc) is 2.99. The Hall–Kier alpha value is -4.44. The van der Waals surface area contributed by atoms with E-state index >= 15 is 0 Å². The maximum Gasteiger partial charge on any atom is 0.471 e. The van der Waals surface area contributed by atoms with Crippen LogP contribution in [0.25, 0.3) is 11.2 Å². The zero-order valence-electron chi connectivity index (χ0n) is 23.9. The second-order valence-electron chi connectivity index (χ2n) is 9.57. The lowest BCUT2D eigenvalue weighted by Crippen LogP contribution is -2.41. The number of phosphoric acid groups is 1. The van der Waals surface area contributed by atoms with Crippen molar-refractivity contribution in [3.8, 4) is 0 Å². The van der Waals surface area contributed by atoms with Gasteiger partial charge < -0.3 is 31.7 Å². The summed E-state index contributed by atoms with van der Waals surface area (Å²) in [5.41, 5.74) is 6.51. The van der Waals surface area contributed by atoms with Gasteiger partial charge in [0.15, 0.2) is 11.2 Å². The molecule has 0 saturated carbocycles. The summed E-state index contributed by atoms with van der Waals surface area (Å²) < 4.78 is 20.2. The van der Waals surface area contributed by atoms with Crippen LogP contribution in [0.15, 0.2) is 35.3 Å². The van der Waals surface area contributed by atoms with Gasteiger partial charge in [-0.05, 0) is 43.5 Å². The van der Waals surface area contributed by atoms with E-state index in [1.165, 1.54) is 18.3 Å². The fourth-order valence-corrected chi connectivity index (χ4v) is 4.36. The molecule has 1 aromatic carbocycles. The highest BCUT2D eigenvalue weighted by molar-refractivity contribution is 7.47. The second-order valence-corrected chi connectivity index (χ2v) is 11.1. The number of aliphatic carboxylic acids is 1. The normalized spacial score (nSPS) is 13.1. The lowest BCUT2D eigenvalue weighted by molar-refractivity contribution is -0.139. The minimum atomic E-state index is -3.96.